The van der Waals surface area contributed by atoms with Gasteiger partial charge in [-0.15, -0.1) is 0 Å². The second-order valence-corrected chi connectivity index (χ2v) is 6.51. The molecular weight excluding hydrogens is 329 g/mol. The maximum atomic E-state index is 13.3. The Balaban J connectivity index is 1.64. The van der Waals surface area contributed by atoms with Gasteiger partial charge in [0.05, 0.1) is 0 Å². The molecule has 1 aliphatic rings. The van der Waals surface area contributed by atoms with Crippen LogP contribution in [0.25, 0.3) is 0 Å². The Morgan fingerprint density at radius 2 is 2.12 bits per heavy atom. The van der Waals surface area contributed by atoms with Gasteiger partial charge in [0.1, 0.15) is 11.6 Å². The van der Waals surface area contributed by atoms with E-state index in [1.807, 2.05) is 17.8 Å². The number of hydrogen-bond donors (Lipinski definition) is 1. The zero-order valence-corrected chi connectivity index (χ0v) is 13.9. The monoisotopic (exact) mass is 347 g/mol. The molecule has 0 radical (unpaired) electrons. The van der Waals surface area contributed by atoms with E-state index in [2.05, 4.69) is 10.3 Å². The molecule has 5 nitrogen and oxygen atoms in total. The fraction of sp³-hybridized carbons (Fsp3) is 0.294. The highest BCUT2D eigenvalue weighted by molar-refractivity contribution is 7.99. The van der Waals surface area contributed by atoms with Crippen LogP contribution in [0.4, 0.5) is 9.18 Å². The Morgan fingerprint density at radius 1 is 1.29 bits per heavy atom. The molecule has 7 heteroatoms. The zero-order chi connectivity index (χ0) is 16.8. The minimum absolute atomic E-state index is 0.0872. The predicted molar refractivity (Wildman–Crippen MR) is 91.8 cm³/mol. The molecule has 1 N–H and O–H groups in total. The maximum absolute atomic E-state index is 13.3. The van der Waals surface area contributed by atoms with Crippen LogP contribution in [-0.2, 0) is 6.54 Å². The lowest BCUT2D eigenvalue weighted by atomic mass is 10.2. The highest BCUT2D eigenvalue weighted by atomic mass is 32.2. The van der Waals surface area contributed by atoms with Crippen LogP contribution < -0.4 is 10.1 Å². The van der Waals surface area contributed by atoms with Gasteiger partial charge in [0.15, 0.2) is 0 Å². The van der Waals surface area contributed by atoms with Crippen LogP contribution in [0.2, 0.25) is 0 Å². The number of rotatable bonds is 4. The molecular formula is C17H18FN3O2S. The molecule has 0 spiro atoms. The molecule has 3 rings (SSSR count). The van der Waals surface area contributed by atoms with Crippen molar-refractivity contribution in [2.75, 3.05) is 24.6 Å². The normalized spacial score (nSPS) is 14.3. The van der Waals surface area contributed by atoms with Gasteiger partial charge in [-0.2, -0.15) is 11.8 Å². The highest BCUT2D eigenvalue weighted by Crippen LogP contribution is 2.23. The number of halogens is 1. The molecule has 0 bridgehead atoms. The number of hydrogen-bond acceptors (Lipinski definition) is 4. The Labute approximate surface area is 144 Å². The Hall–Kier alpha value is -2.28. The summed E-state index contributed by atoms with van der Waals surface area (Å²) in [5.41, 5.74) is 0.737. The van der Waals surface area contributed by atoms with Gasteiger partial charge in [-0.3, -0.25) is 0 Å². The van der Waals surface area contributed by atoms with Crippen LogP contribution in [0.1, 0.15) is 5.56 Å². The van der Waals surface area contributed by atoms with Crippen LogP contribution in [0, 0.1) is 5.82 Å². The van der Waals surface area contributed by atoms with Crippen molar-refractivity contribution >= 4 is 17.8 Å². The molecule has 2 aromatic rings. The van der Waals surface area contributed by atoms with Crippen molar-refractivity contribution in [2.24, 2.45) is 0 Å². The quantitative estimate of drug-likeness (QED) is 0.922. The number of urea groups is 1. The van der Waals surface area contributed by atoms with Crippen LogP contribution in [0.3, 0.4) is 0 Å². The summed E-state index contributed by atoms with van der Waals surface area (Å²) in [6.45, 7) is 1.83. The first-order chi connectivity index (χ1) is 11.7. The van der Waals surface area contributed by atoms with E-state index in [4.69, 9.17) is 4.74 Å². The van der Waals surface area contributed by atoms with Gasteiger partial charge in [0.2, 0.25) is 5.88 Å². The van der Waals surface area contributed by atoms with Crippen molar-refractivity contribution in [3.05, 3.63) is 54.0 Å². The molecule has 1 aromatic carbocycles. The van der Waals surface area contributed by atoms with Crippen LogP contribution in [0.5, 0.6) is 11.6 Å². The van der Waals surface area contributed by atoms with Crippen molar-refractivity contribution in [1.82, 2.24) is 15.2 Å². The molecule has 126 valence electrons. The van der Waals surface area contributed by atoms with E-state index in [0.29, 0.717) is 18.2 Å². The number of carbonyl (C=O) groups is 1. The Kier molecular flexibility index (Phi) is 5.53. The van der Waals surface area contributed by atoms with Gasteiger partial charge in [0.25, 0.3) is 0 Å². The van der Waals surface area contributed by atoms with Crippen molar-refractivity contribution < 1.29 is 13.9 Å². The smallest absolute Gasteiger partial charge is 0.317 e. The second kappa shape index (κ2) is 8.01. The van der Waals surface area contributed by atoms with E-state index in [1.165, 1.54) is 12.1 Å². The van der Waals surface area contributed by atoms with Gasteiger partial charge >= 0.3 is 6.03 Å². The lowest BCUT2D eigenvalue weighted by molar-refractivity contribution is 0.202. The first-order valence-corrected chi connectivity index (χ1v) is 8.86. The van der Waals surface area contributed by atoms with E-state index in [9.17, 15) is 9.18 Å². The van der Waals surface area contributed by atoms with E-state index >= 15 is 0 Å². The average molecular weight is 347 g/mol. The first kappa shape index (κ1) is 16.6. The molecule has 1 fully saturated rings. The number of pyridine rings is 1. The molecule has 1 aliphatic heterocycles. The molecule has 0 unspecified atom stereocenters. The van der Waals surface area contributed by atoms with Crippen molar-refractivity contribution in [3.63, 3.8) is 0 Å². The summed E-state index contributed by atoms with van der Waals surface area (Å²) in [7, 11) is 0. The minimum atomic E-state index is -0.374. The van der Waals surface area contributed by atoms with E-state index < -0.39 is 0 Å². The van der Waals surface area contributed by atoms with Gasteiger partial charge in [-0.05, 0) is 18.2 Å². The molecule has 2 amide bonds. The molecule has 0 saturated carbocycles. The SMILES string of the molecule is O=C(NCc1cccnc1Oc1cccc(F)c1)N1CCSCC1. The standard InChI is InChI=1S/C17H18FN3O2S/c18-14-4-1-5-15(11-14)23-16-13(3-2-6-19-16)12-20-17(22)21-7-9-24-10-8-21/h1-6,11H,7-10,12H2,(H,20,22). The van der Waals surface area contributed by atoms with Crippen LogP contribution in [0.15, 0.2) is 42.6 Å². The molecule has 24 heavy (non-hydrogen) atoms. The number of nitrogens with one attached hydrogen (secondary N) is 1. The summed E-state index contributed by atoms with van der Waals surface area (Å²) in [6, 6.07) is 9.39. The third kappa shape index (κ3) is 4.38. The van der Waals surface area contributed by atoms with Crippen molar-refractivity contribution in [3.8, 4) is 11.6 Å². The number of carbonyl (C=O) groups excluding carboxylic acids is 1. The van der Waals surface area contributed by atoms with Gasteiger partial charge < -0.3 is 15.0 Å². The van der Waals surface area contributed by atoms with E-state index in [1.54, 1.807) is 29.3 Å². The van der Waals surface area contributed by atoms with Crippen molar-refractivity contribution in [2.45, 2.75) is 6.54 Å². The summed E-state index contributed by atoms with van der Waals surface area (Å²) in [6.07, 6.45) is 1.60. The fourth-order valence-electron chi connectivity index (χ4n) is 2.34. The number of ether oxygens (including phenoxy) is 1. The highest BCUT2D eigenvalue weighted by Gasteiger charge is 2.17. The summed E-state index contributed by atoms with van der Waals surface area (Å²) in [5.74, 6) is 2.29. The van der Waals surface area contributed by atoms with Gasteiger partial charge in [0, 0.05) is 49.0 Å². The number of nitrogens with zero attached hydrogens (tertiary/aromatic N) is 2. The number of thioether (sulfide) groups is 1. The van der Waals surface area contributed by atoms with Crippen molar-refractivity contribution in [1.29, 1.82) is 0 Å². The predicted octanol–water partition coefficient (Wildman–Crippen LogP) is 3.27. The summed E-state index contributed by atoms with van der Waals surface area (Å²) in [4.78, 5) is 18.2. The van der Waals surface area contributed by atoms with E-state index in [0.717, 1.165) is 30.2 Å². The topological polar surface area (TPSA) is 54.5 Å². The molecule has 2 heterocycles. The number of benzene rings is 1. The largest absolute Gasteiger partial charge is 0.439 e. The Morgan fingerprint density at radius 3 is 2.92 bits per heavy atom. The van der Waals surface area contributed by atoms with Gasteiger partial charge in [-0.1, -0.05) is 12.1 Å². The summed E-state index contributed by atoms with van der Waals surface area (Å²) in [5, 5.41) is 2.89. The average Bonchev–Trinajstić information content (AvgIpc) is 2.61. The van der Waals surface area contributed by atoms with E-state index in [-0.39, 0.29) is 11.8 Å². The summed E-state index contributed by atoms with van der Waals surface area (Å²) >= 11 is 1.85. The minimum Gasteiger partial charge on any atom is -0.439 e. The molecule has 1 saturated heterocycles. The summed E-state index contributed by atoms with van der Waals surface area (Å²) < 4.78 is 18.9. The third-order valence-electron chi connectivity index (χ3n) is 3.59. The maximum Gasteiger partial charge on any atom is 0.317 e. The van der Waals surface area contributed by atoms with Crippen LogP contribution >= 0.6 is 11.8 Å². The number of aromatic nitrogens is 1. The second-order valence-electron chi connectivity index (χ2n) is 5.29. The lowest BCUT2D eigenvalue weighted by Gasteiger charge is -2.26. The Bertz CT molecular complexity index is 708. The third-order valence-corrected chi connectivity index (χ3v) is 4.53. The zero-order valence-electron chi connectivity index (χ0n) is 13.1. The number of amides is 2. The lowest BCUT2D eigenvalue weighted by Crippen LogP contribution is -2.44. The molecule has 0 aliphatic carbocycles. The fourth-order valence-corrected chi connectivity index (χ4v) is 3.24. The van der Waals surface area contributed by atoms with Crippen LogP contribution in [-0.4, -0.2) is 40.5 Å². The first-order valence-electron chi connectivity index (χ1n) is 7.70. The molecule has 0 atom stereocenters. The molecule has 1 aromatic heterocycles. The van der Waals surface area contributed by atoms with Gasteiger partial charge in [-0.25, -0.2) is 14.2 Å².